The van der Waals surface area contributed by atoms with Crippen LogP contribution in [0, 0.1) is 12.7 Å². The maximum atomic E-state index is 13.0. The molecule has 1 N–H and O–H groups in total. The molecular formula is C17H19FO2. The van der Waals surface area contributed by atoms with E-state index >= 15 is 0 Å². The van der Waals surface area contributed by atoms with Gasteiger partial charge < -0.3 is 9.84 Å². The van der Waals surface area contributed by atoms with Gasteiger partial charge in [-0.05, 0) is 54.3 Å². The molecule has 2 aromatic carbocycles. The number of aryl methyl sites for hydroxylation is 1. The average molecular weight is 274 g/mol. The molecule has 0 aromatic heterocycles. The van der Waals surface area contributed by atoms with Gasteiger partial charge in [0.15, 0.2) is 0 Å². The van der Waals surface area contributed by atoms with Crippen molar-refractivity contribution in [3.63, 3.8) is 0 Å². The Bertz CT molecular complexity index is 564. The fraction of sp³-hybridized carbons (Fsp3) is 0.294. The van der Waals surface area contributed by atoms with E-state index in [-0.39, 0.29) is 5.82 Å². The number of ether oxygens (including phenoxy) is 1. The van der Waals surface area contributed by atoms with Gasteiger partial charge in [-0.15, -0.1) is 0 Å². The van der Waals surface area contributed by atoms with Crippen LogP contribution in [0.15, 0.2) is 42.5 Å². The van der Waals surface area contributed by atoms with Crippen LogP contribution in [0.1, 0.15) is 36.1 Å². The molecule has 106 valence electrons. The van der Waals surface area contributed by atoms with Crippen molar-refractivity contribution in [2.45, 2.75) is 33.0 Å². The Hall–Kier alpha value is -1.87. The number of hydrogen-bond donors (Lipinski definition) is 1. The van der Waals surface area contributed by atoms with Gasteiger partial charge in [0.25, 0.3) is 0 Å². The molecule has 0 aliphatic heterocycles. The van der Waals surface area contributed by atoms with E-state index in [9.17, 15) is 9.50 Å². The Kier molecular flexibility index (Phi) is 4.74. The minimum atomic E-state index is -0.427. The number of aliphatic hydroxyl groups excluding tert-OH is 1. The van der Waals surface area contributed by atoms with Crippen LogP contribution < -0.4 is 4.74 Å². The standard InChI is InChI=1S/C17H19FO2/c1-3-17(19)13-5-8-16(9-6-13)20-11-14-4-7-15(18)10-12(14)2/h4-10,17,19H,3,11H2,1-2H3/t17-/m0/s1. The van der Waals surface area contributed by atoms with Crippen LogP contribution in [0.5, 0.6) is 5.75 Å². The van der Waals surface area contributed by atoms with Crippen molar-refractivity contribution in [3.05, 3.63) is 65.0 Å². The highest BCUT2D eigenvalue weighted by molar-refractivity contribution is 5.30. The van der Waals surface area contributed by atoms with Gasteiger partial charge in [0.1, 0.15) is 18.2 Å². The minimum absolute atomic E-state index is 0.232. The van der Waals surface area contributed by atoms with Crippen LogP contribution in [0.4, 0.5) is 4.39 Å². The Morgan fingerprint density at radius 1 is 1.15 bits per heavy atom. The molecule has 2 rings (SSSR count). The molecule has 3 heteroatoms. The fourth-order valence-electron chi connectivity index (χ4n) is 2.00. The second kappa shape index (κ2) is 6.53. The summed E-state index contributed by atoms with van der Waals surface area (Å²) in [5, 5.41) is 9.71. The number of benzene rings is 2. The zero-order valence-corrected chi connectivity index (χ0v) is 11.8. The van der Waals surface area contributed by atoms with Gasteiger partial charge in [0, 0.05) is 0 Å². The third kappa shape index (κ3) is 3.58. The summed E-state index contributed by atoms with van der Waals surface area (Å²) in [6, 6.07) is 12.1. The van der Waals surface area contributed by atoms with Crippen LogP contribution in [0.2, 0.25) is 0 Å². The SMILES string of the molecule is CC[C@H](O)c1ccc(OCc2ccc(F)cc2C)cc1. The first-order chi connectivity index (χ1) is 9.60. The van der Waals surface area contributed by atoms with E-state index in [4.69, 9.17) is 4.74 Å². The first-order valence-corrected chi connectivity index (χ1v) is 6.76. The highest BCUT2D eigenvalue weighted by atomic mass is 19.1. The molecule has 0 unspecified atom stereocenters. The Morgan fingerprint density at radius 3 is 2.45 bits per heavy atom. The summed E-state index contributed by atoms with van der Waals surface area (Å²) < 4.78 is 18.7. The van der Waals surface area contributed by atoms with E-state index in [1.165, 1.54) is 12.1 Å². The zero-order valence-electron chi connectivity index (χ0n) is 11.8. The van der Waals surface area contributed by atoms with Gasteiger partial charge in [0.05, 0.1) is 6.10 Å². The van der Waals surface area contributed by atoms with Crippen molar-refractivity contribution in [1.29, 1.82) is 0 Å². The molecular weight excluding hydrogens is 255 g/mol. The van der Waals surface area contributed by atoms with Gasteiger partial charge in [0.2, 0.25) is 0 Å². The molecule has 20 heavy (non-hydrogen) atoms. The minimum Gasteiger partial charge on any atom is -0.489 e. The monoisotopic (exact) mass is 274 g/mol. The molecule has 2 nitrogen and oxygen atoms in total. The van der Waals surface area contributed by atoms with Crippen molar-refractivity contribution < 1.29 is 14.2 Å². The van der Waals surface area contributed by atoms with Crippen molar-refractivity contribution in [3.8, 4) is 5.75 Å². The molecule has 0 radical (unpaired) electrons. The van der Waals surface area contributed by atoms with Crippen LogP contribution in [-0.2, 0) is 6.61 Å². The average Bonchev–Trinajstić information content (AvgIpc) is 2.46. The van der Waals surface area contributed by atoms with Crippen LogP contribution in [0.25, 0.3) is 0 Å². The van der Waals surface area contributed by atoms with E-state index in [1.807, 2.05) is 38.1 Å². The normalized spacial score (nSPS) is 12.2. The highest BCUT2D eigenvalue weighted by Gasteiger charge is 2.05. The zero-order chi connectivity index (χ0) is 14.5. The lowest BCUT2D eigenvalue weighted by Crippen LogP contribution is -1.99. The van der Waals surface area contributed by atoms with Gasteiger partial charge in [-0.2, -0.15) is 0 Å². The van der Waals surface area contributed by atoms with Crippen LogP contribution in [0.3, 0.4) is 0 Å². The molecule has 0 amide bonds. The Labute approximate surface area is 118 Å². The van der Waals surface area contributed by atoms with E-state index < -0.39 is 6.10 Å². The fourth-order valence-corrected chi connectivity index (χ4v) is 2.00. The first kappa shape index (κ1) is 14.5. The Morgan fingerprint density at radius 2 is 1.85 bits per heavy atom. The van der Waals surface area contributed by atoms with Gasteiger partial charge in [-0.3, -0.25) is 0 Å². The van der Waals surface area contributed by atoms with Gasteiger partial charge in [-0.1, -0.05) is 25.1 Å². The molecule has 0 saturated carbocycles. The van der Waals surface area contributed by atoms with Crippen molar-refractivity contribution in [2.75, 3.05) is 0 Å². The quantitative estimate of drug-likeness (QED) is 0.887. The van der Waals surface area contributed by atoms with E-state index in [1.54, 1.807) is 6.07 Å². The summed E-state index contributed by atoms with van der Waals surface area (Å²) >= 11 is 0. The second-order valence-corrected chi connectivity index (χ2v) is 4.85. The summed E-state index contributed by atoms with van der Waals surface area (Å²) in [5.74, 6) is 0.505. The lowest BCUT2D eigenvalue weighted by atomic mass is 10.1. The molecule has 0 aliphatic rings. The second-order valence-electron chi connectivity index (χ2n) is 4.85. The van der Waals surface area contributed by atoms with E-state index in [0.29, 0.717) is 13.0 Å². The van der Waals surface area contributed by atoms with Crippen molar-refractivity contribution in [2.24, 2.45) is 0 Å². The molecule has 0 spiro atoms. The largest absolute Gasteiger partial charge is 0.489 e. The Balaban J connectivity index is 2.00. The third-order valence-corrected chi connectivity index (χ3v) is 3.35. The van der Waals surface area contributed by atoms with E-state index in [0.717, 1.165) is 22.4 Å². The number of rotatable bonds is 5. The summed E-state index contributed by atoms with van der Waals surface area (Å²) in [4.78, 5) is 0. The maximum Gasteiger partial charge on any atom is 0.123 e. The van der Waals surface area contributed by atoms with Crippen LogP contribution >= 0.6 is 0 Å². The number of halogens is 1. The van der Waals surface area contributed by atoms with Gasteiger partial charge in [-0.25, -0.2) is 4.39 Å². The van der Waals surface area contributed by atoms with Crippen molar-refractivity contribution in [1.82, 2.24) is 0 Å². The summed E-state index contributed by atoms with van der Waals surface area (Å²) in [7, 11) is 0. The number of aliphatic hydroxyl groups is 1. The van der Waals surface area contributed by atoms with E-state index in [2.05, 4.69) is 0 Å². The predicted molar refractivity (Wildman–Crippen MR) is 77.2 cm³/mol. The third-order valence-electron chi connectivity index (χ3n) is 3.35. The lowest BCUT2D eigenvalue weighted by Gasteiger charge is -2.11. The molecule has 0 aliphatic carbocycles. The number of hydrogen-bond acceptors (Lipinski definition) is 2. The topological polar surface area (TPSA) is 29.5 Å². The molecule has 2 aromatic rings. The predicted octanol–water partition coefficient (Wildman–Crippen LogP) is 4.16. The maximum absolute atomic E-state index is 13.0. The molecule has 0 fully saturated rings. The lowest BCUT2D eigenvalue weighted by molar-refractivity contribution is 0.173. The first-order valence-electron chi connectivity index (χ1n) is 6.76. The van der Waals surface area contributed by atoms with Crippen molar-refractivity contribution >= 4 is 0 Å². The highest BCUT2D eigenvalue weighted by Crippen LogP contribution is 2.21. The molecule has 0 heterocycles. The van der Waals surface area contributed by atoms with Crippen LogP contribution in [-0.4, -0.2) is 5.11 Å². The molecule has 1 atom stereocenters. The van der Waals surface area contributed by atoms with Gasteiger partial charge >= 0.3 is 0 Å². The molecule has 0 bridgehead atoms. The summed E-state index contributed by atoms with van der Waals surface area (Å²) in [6.45, 7) is 4.21. The summed E-state index contributed by atoms with van der Waals surface area (Å²) in [6.07, 6.45) is 0.262. The molecule has 0 saturated heterocycles. The smallest absolute Gasteiger partial charge is 0.123 e. The summed E-state index contributed by atoms with van der Waals surface area (Å²) in [5.41, 5.74) is 2.73.